The zero-order valence-corrected chi connectivity index (χ0v) is 12.1. The van der Waals surface area contributed by atoms with Crippen LogP contribution in [0.5, 0.6) is 0 Å². The predicted molar refractivity (Wildman–Crippen MR) is 70.6 cm³/mol. The first-order chi connectivity index (χ1) is 8.20. The maximum atomic E-state index is 12.3. The normalized spacial score (nSPS) is 19.2. The molecule has 0 bridgehead atoms. The molecule has 5 heteroatoms. The van der Waals surface area contributed by atoms with E-state index in [9.17, 15) is 4.57 Å². The van der Waals surface area contributed by atoms with E-state index in [0.717, 1.165) is 19.6 Å². The minimum Gasteiger partial charge on any atom is -0.309 e. The first-order valence-electron chi connectivity index (χ1n) is 6.80. The Bertz CT molecular complexity index is 230. The van der Waals surface area contributed by atoms with E-state index in [-0.39, 0.29) is 0 Å². The summed E-state index contributed by atoms with van der Waals surface area (Å²) in [6.45, 7) is 7.71. The van der Waals surface area contributed by atoms with Crippen molar-refractivity contribution >= 4 is 7.60 Å². The van der Waals surface area contributed by atoms with Crippen LogP contribution >= 0.6 is 7.60 Å². The Morgan fingerprint density at radius 1 is 1.00 bits per heavy atom. The number of rotatable bonds is 7. The summed E-state index contributed by atoms with van der Waals surface area (Å²) in [5.74, 6) is 0. The van der Waals surface area contributed by atoms with Gasteiger partial charge in [-0.05, 0) is 39.8 Å². The predicted octanol–water partition coefficient (Wildman–Crippen LogP) is 3.13. The standard InChI is InChI=1S/C12H26NO3P/c1-3-15-17(14,16-4-2)12-11-13-9-7-5-6-8-10-13/h3-12H2,1-2H3. The monoisotopic (exact) mass is 263 g/mol. The number of nitrogens with zero attached hydrogens (tertiary/aromatic N) is 1. The Morgan fingerprint density at radius 2 is 1.53 bits per heavy atom. The Balaban J connectivity index is 2.36. The zero-order valence-electron chi connectivity index (χ0n) is 11.2. The Hall–Kier alpha value is 0.110. The van der Waals surface area contributed by atoms with Gasteiger partial charge in [0.2, 0.25) is 0 Å². The summed E-state index contributed by atoms with van der Waals surface area (Å²) < 4.78 is 22.9. The van der Waals surface area contributed by atoms with Gasteiger partial charge in [0.05, 0.1) is 19.4 Å². The van der Waals surface area contributed by atoms with Gasteiger partial charge in [-0.15, -0.1) is 0 Å². The second kappa shape index (κ2) is 8.25. The highest BCUT2D eigenvalue weighted by molar-refractivity contribution is 7.53. The molecule has 0 aromatic rings. The van der Waals surface area contributed by atoms with Gasteiger partial charge in [-0.2, -0.15) is 0 Å². The molecule has 0 unspecified atom stereocenters. The lowest BCUT2D eigenvalue weighted by atomic mass is 10.2. The van der Waals surface area contributed by atoms with Gasteiger partial charge in [0.25, 0.3) is 0 Å². The van der Waals surface area contributed by atoms with Gasteiger partial charge in [-0.25, -0.2) is 0 Å². The van der Waals surface area contributed by atoms with Crippen molar-refractivity contribution in [3.8, 4) is 0 Å². The van der Waals surface area contributed by atoms with E-state index in [4.69, 9.17) is 9.05 Å². The van der Waals surface area contributed by atoms with Gasteiger partial charge < -0.3 is 13.9 Å². The molecular formula is C12H26NO3P. The maximum absolute atomic E-state index is 12.3. The first kappa shape index (κ1) is 15.2. The zero-order chi connectivity index (χ0) is 12.6. The van der Waals surface area contributed by atoms with Gasteiger partial charge >= 0.3 is 7.60 Å². The number of likely N-dealkylation sites (tertiary alicyclic amines) is 1. The van der Waals surface area contributed by atoms with E-state index >= 15 is 0 Å². The third-order valence-electron chi connectivity index (χ3n) is 3.04. The summed E-state index contributed by atoms with van der Waals surface area (Å²) in [7, 11) is -2.84. The minimum atomic E-state index is -2.84. The van der Waals surface area contributed by atoms with Crippen molar-refractivity contribution in [3.63, 3.8) is 0 Å². The topological polar surface area (TPSA) is 38.8 Å². The molecule has 0 radical (unpaired) electrons. The summed E-state index contributed by atoms with van der Waals surface area (Å²) in [6.07, 6.45) is 5.69. The molecule has 0 amide bonds. The van der Waals surface area contributed by atoms with Gasteiger partial charge in [-0.1, -0.05) is 12.8 Å². The number of hydrogen-bond donors (Lipinski definition) is 0. The average Bonchev–Trinajstić information content (AvgIpc) is 2.55. The van der Waals surface area contributed by atoms with Gasteiger partial charge in [-0.3, -0.25) is 4.57 Å². The van der Waals surface area contributed by atoms with Crippen LogP contribution in [0.3, 0.4) is 0 Å². The van der Waals surface area contributed by atoms with Gasteiger partial charge in [0.1, 0.15) is 0 Å². The first-order valence-corrected chi connectivity index (χ1v) is 8.53. The summed E-state index contributed by atoms with van der Waals surface area (Å²) >= 11 is 0. The molecule has 1 fully saturated rings. The Morgan fingerprint density at radius 3 is 2.00 bits per heavy atom. The van der Waals surface area contributed by atoms with Crippen LogP contribution in [0.25, 0.3) is 0 Å². The molecule has 1 saturated heterocycles. The molecular weight excluding hydrogens is 237 g/mol. The molecule has 4 nitrogen and oxygen atoms in total. The SMILES string of the molecule is CCOP(=O)(CCN1CCCCCC1)OCC. The highest BCUT2D eigenvalue weighted by Crippen LogP contribution is 2.47. The summed E-state index contributed by atoms with van der Waals surface area (Å²) in [5, 5.41) is 0. The fraction of sp³-hybridized carbons (Fsp3) is 1.00. The second-order valence-corrected chi connectivity index (χ2v) is 6.61. The van der Waals surface area contributed by atoms with E-state index < -0.39 is 7.60 Å². The van der Waals surface area contributed by atoms with E-state index in [0.29, 0.717) is 19.4 Å². The van der Waals surface area contributed by atoms with Crippen molar-refractivity contribution in [2.45, 2.75) is 39.5 Å². The molecule has 1 aliphatic rings. The lowest BCUT2D eigenvalue weighted by Crippen LogP contribution is -2.28. The quantitative estimate of drug-likeness (QED) is 0.661. The summed E-state index contributed by atoms with van der Waals surface area (Å²) in [4.78, 5) is 2.39. The van der Waals surface area contributed by atoms with E-state index in [1.54, 1.807) is 0 Å². The van der Waals surface area contributed by atoms with Crippen molar-refractivity contribution in [2.24, 2.45) is 0 Å². The van der Waals surface area contributed by atoms with Crippen LogP contribution in [0.1, 0.15) is 39.5 Å². The third-order valence-corrected chi connectivity index (χ3v) is 5.09. The van der Waals surface area contributed by atoms with E-state index in [1.807, 2.05) is 13.8 Å². The van der Waals surface area contributed by atoms with Crippen LogP contribution in [-0.2, 0) is 13.6 Å². The average molecular weight is 263 g/mol. The molecule has 1 rings (SSSR count). The fourth-order valence-electron chi connectivity index (χ4n) is 2.18. The lowest BCUT2D eigenvalue weighted by molar-refractivity contribution is 0.212. The smallest absolute Gasteiger partial charge is 0.309 e. The van der Waals surface area contributed by atoms with Crippen LogP contribution in [-0.4, -0.2) is 43.9 Å². The highest BCUT2D eigenvalue weighted by atomic mass is 31.2. The maximum Gasteiger partial charge on any atom is 0.331 e. The van der Waals surface area contributed by atoms with Crippen LogP contribution in [0, 0.1) is 0 Å². The summed E-state index contributed by atoms with van der Waals surface area (Å²) in [6, 6.07) is 0. The molecule has 1 heterocycles. The third kappa shape index (κ3) is 6.01. The largest absolute Gasteiger partial charge is 0.331 e. The molecule has 0 N–H and O–H groups in total. The van der Waals surface area contributed by atoms with Crippen molar-refractivity contribution in [1.29, 1.82) is 0 Å². The number of hydrogen-bond acceptors (Lipinski definition) is 4. The molecule has 17 heavy (non-hydrogen) atoms. The molecule has 0 aromatic heterocycles. The lowest BCUT2D eigenvalue weighted by Gasteiger charge is -2.23. The van der Waals surface area contributed by atoms with Crippen LogP contribution in [0.2, 0.25) is 0 Å². The van der Waals surface area contributed by atoms with Gasteiger partial charge in [0, 0.05) is 6.54 Å². The fourth-order valence-corrected chi connectivity index (χ4v) is 3.83. The van der Waals surface area contributed by atoms with Gasteiger partial charge in [0.15, 0.2) is 0 Å². The molecule has 102 valence electrons. The van der Waals surface area contributed by atoms with Crippen molar-refractivity contribution in [3.05, 3.63) is 0 Å². The van der Waals surface area contributed by atoms with Crippen molar-refractivity contribution < 1.29 is 13.6 Å². The Labute approximate surface area is 105 Å². The molecule has 0 atom stereocenters. The van der Waals surface area contributed by atoms with E-state index in [2.05, 4.69) is 4.90 Å². The van der Waals surface area contributed by atoms with Crippen LogP contribution < -0.4 is 0 Å². The Kier molecular flexibility index (Phi) is 7.36. The minimum absolute atomic E-state index is 0.456. The molecule has 1 aliphatic heterocycles. The van der Waals surface area contributed by atoms with Crippen molar-refractivity contribution in [2.75, 3.05) is 39.0 Å². The van der Waals surface area contributed by atoms with Crippen LogP contribution in [0.4, 0.5) is 0 Å². The molecule has 0 spiro atoms. The molecule has 0 aromatic carbocycles. The van der Waals surface area contributed by atoms with Crippen molar-refractivity contribution in [1.82, 2.24) is 4.90 Å². The second-order valence-electron chi connectivity index (χ2n) is 4.43. The van der Waals surface area contributed by atoms with Crippen LogP contribution in [0.15, 0.2) is 0 Å². The van der Waals surface area contributed by atoms with E-state index in [1.165, 1.54) is 25.7 Å². The molecule has 0 saturated carbocycles. The highest BCUT2D eigenvalue weighted by Gasteiger charge is 2.24. The molecule has 0 aliphatic carbocycles. The summed E-state index contributed by atoms with van der Waals surface area (Å²) in [5.41, 5.74) is 0.